The molecule has 1 heterocycles. The van der Waals surface area contributed by atoms with E-state index >= 15 is 0 Å². The molecule has 19 heavy (non-hydrogen) atoms. The van der Waals surface area contributed by atoms with E-state index in [1.807, 2.05) is 29.0 Å². The van der Waals surface area contributed by atoms with Crippen LogP contribution in [-0.2, 0) is 24.5 Å². The minimum Gasteiger partial charge on any atom is -0.356 e. The van der Waals surface area contributed by atoms with Crippen LogP contribution < -0.4 is 5.73 Å². The molecule has 0 aliphatic rings. The first kappa shape index (κ1) is 13.8. The van der Waals surface area contributed by atoms with Gasteiger partial charge in [-0.25, -0.2) is 4.98 Å². The van der Waals surface area contributed by atoms with Crippen LogP contribution in [0.4, 0.5) is 0 Å². The molecule has 0 aliphatic carbocycles. The van der Waals surface area contributed by atoms with Crippen LogP contribution in [-0.4, -0.2) is 15.6 Å². The van der Waals surface area contributed by atoms with Gasteiger partial charge in [0, 0.05) is 24.9 Å². The van der Waals surface area contributed by atoms with Crippen LogP contribution in [0.2, 0.25) is 0 Å². The summed E-state index contributed by atoms with van der Waals surface area (Å²) in [7, 11) is 0. The van der Waals surface area contributed by atoms with Crippen molar-refractivity contribution < 1.29 is 4.74 Å². The van der Waals surface area contributed by atoms with E-state index < -0.39 is 0 Å². The van der Waals surface area contributed by atoms with Gasteiger partial charge >= 0.3 is 0 Å². The third-order valence-electron chi connectivity index (χ3n) is 3.11. The first-order valence-electron chi connectivity index (χ1n) is 6.67. The normalized spacial score (nSPS) is 12.5. The van der Waals surface area contributed by atoms with Crippen molar-refractivity contribution in [3.8, 4) is 0 Å². The topological polar surface area (TPSA) is 53.1 Å². The van der Waals surface area contributed by atoms with Gasteiger partial charge in [0.25, 0.3) is 0 Å². The molecule has 4 nitrogen and oxygen atoms in total. The summed E-state index contributed by atoms with van der Waals surface area (Å²) in [5.41, 5.74) is 7.13. The van der Waals surface area contributed by atoms with Crippen molar-refractivity contribution in [3.63, 3.8) is 0 Å². The van der Waals surface area contributed by atoms with E-state index in [1.54, 1.807) is 6.20 Å². The lowest BCUT2D eigenvalue weighted by Gasteiger charge is -2.11. The van der Waals surface area contributed by atoms with Gasteiger partial charge in [0.1, 0.15) is 12.6 Å². The molecule has 0 spiro atoms. The molecular formula is C15H21N3O. The van der Waals surface area contributed by atoms with Crippen LogP contribution in [0.1, 0.15) is 24.7 Å². The molecule has 0 amide bonds. The third kappa shape index (κ3) is 4.19. The van der Waals surface area contributed by atoms with Crippen molar-refractivity contribution in [2.75, 3.05) is 0 Å². The van der Waals surface area contributed by atoms with Crippen LogP contribution in [0.15, 0.2) is 42.7 Å². The number of imidazole rings is 1. The van der Waals surface area contributed by atoms with Gasteiger partial charge in [-0.2, -0.15) is 0 Å². The number of hydrogen-bond donors (Lipinski definition) is 1. The van der Waals surface area contributed by atoms with Crippen LogP contribution >= 0.6 is 0 Å². The molecular weight excluding hydrogens is 238 g/mol. The number of aromatic nitrogens is 2. The molecule has 1 unspecified atom stereocenters. The Hall–Kier alpha value is -1.65. The Bertz CT molecular complexity index is 481. The fraction of sp³-hybridized carbons (Fsp3) is 0.400. The van der Waals surface area contributed by atoms with Gasteiger partial charge in [0.2, 0.25) is 0 Å². The zero-order chi connectivity index (χ0) is 13.5. The van der Waals surface area contributed by atoms with Crippen molar-refractivity contribution >= 4 is 0 Å². The molecule has 0 fully saturated rings. The fourth-order valence-corrected chi connectivity index (χ4v) is 1.86. The Balaban J connectivity index is 1.84. The lowest BCUT2D eigenvalue weighted by atomic mass is 10.1. The zero-order valence-corrected chi connectivity index (χ0v) is 11.3. The molecule has 4 heteroatoms. The van der Waals surface area contributed by atoms with E-state index in [1.165, 1.54) is 5.56 Å². The largest absolute Gasteiger partial charge is 0.356 e. The summed E-state index contributed by atoms with van der Waals surface area (Å²) in [4.78, 5) is 4.33. The number of benzene rings is 1. The summed E-state index contributed by atoms with van der Waals surface area (Å²) in [6, 6.07) is 10.3. The summed E-state index contributed by atoms with van der Waals surface area (Å²) in [5, 5.41) is 0. The molecule has 2 N–H and O–H groups in total. The van der Waals surface area contributed by atoms with Crippen molar-refractivity contribution in [1.29, 1.82) is 0 Å². The van der Waals surface area contributed by atoms with Crippen LogP contribution in [0.3, 0.4) is 0 Å². The number of nitrogens with two attached hydrogens (primary N) is 1. The van der Waals surface area contributed by atoms with E-state index in [-0.39, 0.29) is 6.04 Å². The second kappa shape index (κ2) is 7.07. The first-order valence-corrected chi connectivity index (χ1v) is 6.67. The van der Waals surface area contributed by atoms with Crippen molar-refractivity contribution in [2.24, 2.45) is 5.73 Å². The van der Waals surface area contributed by atoms with E-state index in [4.69, 9.17) is 10.5 Å². The molecule has 1 atom stereocenters. The highest BCUT2D eigenvalue weighted by Gasteiger charge is 2.07. The molecule has 0 bridgehead atoms. The molecule has 0 radical (unpaired) electrons. The van der Waals surface area contributed by atoms with E-state index in [9.17, 15) is 0 Å². The number of nitrogens with zero attached hydrogens (tertiary/aromatic N) is 2. The quantitative estimate of drug-likeness (QED) is 0.830. The Morgan fingerprint density at radius 1 is 1.32 bits per heavy atom. The Morgan fingerprint density at radius 3 is 2.84 bits per heavy atom. The zero-order valence-electron chi connectivity index (χ0n) is 11.3. The molecule has 102 valence electrons. The molecule has 2 aromatic rings. The molecule has 1 aromatic carbocycles. The average molecular weight is 259 g/mol. The second-order valence-electron chi connectivity index (χ2n) is 4.65. The van der Waals surface area contributed by atoms with Crippen molar-refractivity contribution in [3.05, 3.63) is 54.1 Å². The predicted molar refractivity (Wildman–Crippen MR) is 75.4 cm³/mol. The van der Waals surface area contributed by atoms with Gasteiger partial charge in [-0.1, -0.05) is 37.3 Å². The maximum absolute atomic E-state index is 5.96. The van der Waals surface area contributed by atoms with E-state index in [0.29, 0.717) is 13.3 Å². The molecule has 0 aliphatic heterocycles. The molecule has 0 saturated heterocycles. The summed E-state index contributed by atoms with van der Waals surface area (Å²) >= 11 is 0. The fourth-order valence-electron chi connectivity index (χ4n) is 1.86. The summed E-state index contributed by atoms with van der Waals surface area (Å²) in [6.45, 7) is 3.21. The molecule has 0 saturated carbocycles. The highest BCUT2D eigenvalue weighted by Crippen LogP contribution is 2.05. The summed E-state index contributed by atoms with van der Waals surface area (Å²) < 4.78 is 7.71. The standard InChI is InChI=1S/C15H21N3O/c1-2-14(16)10-15-17-8-9-18(15)12-19-11-13-6-4-3-5-7-13/h3-9,14H,2,10-12,16H2,1H3. The van der Waals surface area contributed by atoms with Crippen LogP contribution in [0, 0.1) is 0 Å². The average Bonchev–Trinajstić information content (AvgIpc) is 2.87. The molecule has 1 aromatic heterocycles. The summed E-state index contributed by atoms with van der Waals surface area (Å²) in [6.07, 6.45) is 5.47. The van der Waals surface area contributed by atoms with E-state index in [2.05, 4.69) is 24.0 Å². The minimum atomic E-state index is 0.162. The monoisotopic (exact) mass is 259 g/mol. The third-order valence-corrected chi connectivity index (χ3v) is 3.11. The molecule has 2 rings (SSSR count). The Kier molecular flexibility index (Phi) is 5.12. The Labute approximate surface area is 114 Å². The van der Waals surface area contributed by atoms with Gasteiger partial charge in [-0.05, 0) is 12.0 Å². The second-order valence-corrected chi connectivity index (χ2v) is 4.65. The number of hydrogen-bond acceptors (Lipinski definition) is 3. The maximum Gasteiger partial charge on any atom is 0.124 e. The first-order chi connectivity index (χ1) is 9.29. The highest BCUT2D eigenvalue weighted by molar-refractivity contribution is 5.13. The lowest BCUT2D eigenvalue weighted by Crippen LogP contribution is -2.23. The SMILES string of the molecule is CCC(N)Cc1nccn1COCc1ccccc1. The Morgan fingerprint density at radius 2 is 2.11 bits per heavy atom. The van der Waals surface area contributed by atoms with Crippen LogP contribution in [0.25, 0.3) is 0 Å². The summed E-state index contributed by atoms with van der Waals surface area (Å²) in [5.74, 6) is 0.988. The van der Waals surface area contributed by atoms with E-state index in [0.717, 1.165) is 18.7 Å². The highest BCUT2D eigenvalue weighted by atomic mass is 16.5. The minimum absolute atomic E-state index is 0.162. The van der Waals surface area contributed by atoms with Gasteiger partial charge in [-0.15, -0.1) is 0 Å². The van der Waals surface area contributed by atoms with Gasteiger partial charge < -0.3 is 15.0 Å². The van der Waals surface area contributed by atoms with Gasteiger partial charge in [-0.3, -0.25) is 0 Å². The van der Waals surface area contributed by atoms with Crippen LogP contribution in [0.5, 0.6) is 0 Å². The lowest BCUT2D eigenvalue weighted by molar-refractivity contribution is 0.0620. The smallest absolute Gasteiger partial charge is 0.124 e. The van der Waals surface area contributed by atoms with Crippen molar-refractivity contribution in [1.82, 2.24) is 9.55 Å². The van der Waals surface area contributed by atoms with Crippen molar-refractivity contribution in [2.45, 2.75) is 39.1 Å². The van der Waals surface area contributed by atoms with Gasteiger partial charge in [0.15, 0.2) is 0 Å². The number of ether oxygens (including phenoxy) is 1. The van der Waals surface area contributed by atoms with Gasteiger partial charge in [0.05, 0.1) is 6.61 Å². The maximum atomic E-state index is 5.96. The predicted octanol–water partition coefficient (Wildman–Crippen LogP) is 2.34. The number of rotatable bonds is 7.